The van der Waals surface area contributed by atoms with Gasteiger partial charge in [0.15, 0.2) is 0 Å². The van der Waals surface area contributed by atoms with E-state index in [0.29, 0.717) is 0 Å². The number of hydrogen-bond donors (Lipinski definition) is 0. The molecule has 0 spiro atoms. The molecule has 0 radical (unpaired) electrons. The average molecular weight is 258 g/mol. The van der Waals surface area contributed by atoms with E-state index in [-0.39, 0.29) is 19.2 Å². The summed E-state index contributed by atoms with van der Waals surface area (Å²) in [5.41, 5.74) is 3.05. The summed E-state index contributed by atoms with van der Waals surface area (Å²) in [5, 5.41) is 0. The summed E-state index contributed by atoms with van der Waals surface area (Å²) in [6.07, 6.45) is 2.29. The average Bonchev–Trinajstić information content (AvgIpc) is 2.40. The molecule has 0 aliphatic heterocycles. The van der Waals surface area contributed by atoms with Gasteiger partial charge < -0.3 is 0 Å². The summed E-state index contributed by atoms with van der Waals surface area (Å²) in [6.45, 7) is 4.49. The molecule has 1 heteroatoms. The third kappa shape index (κ3) is 3.09. The van der Waals surface area contributed by atoms with E-state index < -0.39 is 0 Å². The van der Waals surface area contributed by atoms with E-state index >= 15 is 0 Å². The molecule has 86 valence electrons. The van der Waals surface area contributed by atoms with Gasteiger partial charge in [-0.2, -0.15) is 0 Å². The molecule has 2 aromatic rings. The van der Waals surface area contributed by atoms with Gasteiger partial charge >= 0.3 is 113 Å². The maximum absolute atomic E-state index is 2.31. The Morgan fingerprint density at radius 3 is 1.53 bits per heavy atom. The molecule has 0 aromatic heterocycles. The monoisotopic (exact) mass is 258 g/mol. The third-order valence-corrected chi connectivity index (χ3v) is 5.43. The van der Waals surface area contributed by atoms with Crippen LogP contribution >= 0.6 is 0 Å². The number of rotatable bonds is 4. The van der Waals surface area contributed by atoms with Gasteiger partial charge in [-0.1, -0.05) is 0 Å². The molecule has 0 atom stereocenters. The molecule has 0 aliphatic carbocycles. The minimum atomic E-state index is -0.176. The molecular formula is C16H18Ti. The van der Waals surface area contributed by atoms with Crippen molar-refractivity contribution < 1.29 is 19.2 Å². The van der Waals surface area contributed by atoms with Gasteiger partial charge in [0, 0.05) is 0 Å². The van der Waals surface area contributed by atoms with E-state index in [1.165, 1.54) is 11.1 Å². The molecule has 0 heterocycles. The van der Waals surface area contributed by atoms with Crippen LogP contribution in [0, 0.1) is 0 Å². The quantitative estimate of drug-likeness (QED) is 0.740. The molecule has 2 aromatic carbocycles. The van der Waals surface area contributed by atoms with Crippen molar-refractivity contribution in [2.24, 2.45) is 0 Å². The van der Waals surface area contributed by atoms with Gasteiger partial charge in [0.2, 0.25) is 0 Å². The van der Waals surface area contributed by atoms with Crippen LogP contribution < -0.4 is 7.74 Å². The second-order valence-electron chi connectivity index (χ2n) is 4.15. The molecule has 0 unspecified atom stereocenters. The van der Waals surface area contributed by atoms with Gasteiger partial charge in [0.25, 0.3) is 0 Å². The van der Waals surface area contributed by atoms with Gasteiger partial charge in [-0.3, -0.25) is 0 Å². The first-order chi connectivity index (χ1) is 8.35. The molecular weight excluding hydrogens is 240 g/mol. The Labute approximate surface area is 113 Å². The fourth-order valence-electron chi connectivity index (χ4n) is 2.05. The van der Waals surface area contributed by atoms with Crippen LogP contribution in [0.1, 0.15) is 25.0 Å². The Balaban J connectivity index is 2.31. The summed E-state index contributed by atoms with van der Waals surface area (Å²) in [6, 6.07) is 17.8. The van der Waals surface area contributed by atoms with E-state index in [1.807, 2.05) is 0 Å². The summed E-state index contributed by atoms with van der Waals surface area (Å²) in [5.74, 6) is 0. The second kappa shape index (κ2) is 6.19. The summed E-state index contributed by atoms with van der Waals surface area (Å²) in [7, 11) is 0. The molecule has 0 bridgehead atoms. The number of aryl methyl sites for hydroxylation is 2. The van der Waals surface area contributed by atoms with E-state index in [9.17, 15) is 0 Å². The van der Waals surface area contributed by atoms with Gasteiger partial charge in [-0.15, -0.1) is 0 Å². The van der Waals surface area contributed by atoms with Crippen molar-refractivity contribution in [1.82, 2.24) is 0 Å². The maximum atomic E-state index is 2.31. The zero-order valence-corrected chi connectivity index (χ0v) is 12.1. The molecule has 0 N–H and O–H groups in total. The van der Waals surface area contributed by atoms with Gasteiger partial charge in [0.1, 0.15) is 0 Å². The van der Waals surface area contributed by atoms with Crippen molar-refractivity contribution in [3.63, 3.8) is 0 Å². The Kier molecular flexibility index (Phi) is 4.59. The standard InChI is InChI=1S/2C8H9.Ti/c2*1-2-8-6-4-3-5-7-8;/h2*3-6H,2H2,1H3;. The SMILES string of the molecule is CCc1cccc[c]1[Ti][c]1ccccc1CC. The van der Waals surface area contributed by atoms with E-state index in [0.717, 1.165) is 12.8 Å². The van der Waals surface area contributed by atoms with Crippen LogP contribution in [0.25, 0.3) is 0 Å². The summed E-state index contributed by atoms with van der Waals surface area (Å²) < 4.78 is 3.19. The second-order valence-corrected chi connectivity index (χ2v) is 6.22. The van der Waals surface area contributed by atoms with Crippen molar-refractivity contribution >= 4 is 7.74 Å². The minimum absolute atomic E-state index is 0.176. The Morgan fingerprint density at radius 2 is 1.12 bits per heavy atom. The zero-order chi connectivity index (χ0) is 12.1. The first-order valence-electron chi connectivity index (χ1n) is 6.28. The van der Waals surface area contributed by atoms with E-state index in [1.54, 1.807) is 7.74 Å². The fourth-order valence-corrected chi connectivity index (χ4v) is 4.37. The van der Waals surface area contributed by atoms with Crippen LogP contribution in [0.4, 0.5) is 0 Å². The first-order valence-corrected chi connectivity index (χ1v) is 7.84. The Morgan fingerprint density at radius 1 is 0.706 bits per heavy atom. The van der Waals surface area contributed by atoms with Crippen LogP contribution in [0.5, 0.6) is 0 Å². The fraction of sp³-hybridized carbons (Fsp3) is 0.250. The first kappa shape index (κ1) is 12.6. The zero-order valence-electron chi connectivity index (χ0n) is 10.5. The Bertz CT molecular complexity index is 443. The third-order valence-electron chi connectivity index (χ3n) is 3.07. The molecule has 0 nitrogen and oxygen atoms in total. The number of hydrogen-bond acceptors (Lipinski definition) is 0. The molecule has 0 fully saturated rings. The Hall–Kier alpha value is -0.846. The predicted octanol–water partition coefficient (Wildman–Crippen LogP) is 2.84. The molecule has 2 rings (SSSR count). The van der Waals surface area contributed by atoms with Crippen molar-refractivity contribution in [2.45, 2.75) is 26.7 Å². The van der Waals surface area contributed by atoms with Crippen LogP contribution in [-0.4, -0.2) is 0 Å². The summed E-state index contributed by atoms with van der Waals surface area (Å²) >= 11 is -0.176. The molecule has 0 saturated heterocycles. The summed E-state index contributed by atoms with van der Waals surface area (Å²) in [4.78, 5) is 0. The van der Waals surface area contributed by atoms with E-state index in [2.05, 4.69) is 62.4 Å². The van der Waals surface area contributed by atoms with Gasteiger partial charge in [0.05, 0.1) is 0 Å². The van der Waals surface area contributed by atoms with Crippen LogP contribution in [0.3, 0.4) is 0 Å². The topological polar surface area (TPSA) is 0 Å². The van der Waals surface area contributed by atoms with Crippen molar-refractivity contribution in [3.8, 4) is 0 Å². The van der Waals surface area contributed by atoms with Crippen LogP contribution in [-0.2, 0) is 32.0 Å². The van der Waals surface area contributed by atoms with Gasteiger partial charge in [-0.25, -0.2) is 0 Å². The predicted molar refractivity (Wildman–Crippen MR) is 70.9 cm³/mol. The van der Waals surface area contributed by atoms with Crippen molar-refractivity contribution in [1.29, 1.82) is 0 Å². The van der Waals surface area contributed by atoms with E-state index in [4.69, 9.17) is 0 Å². The van der Waals surface area contributed by atoms with Crippen LogP contribution in [0.15, 0.2) is 48.5 Å². The molecule has 0 amide bonds. The van der Waals surface area contributed by atoms with Crippen LogP contribution in [0.2, 0.25) is 0 Å². The normalized spacial score (nSPS) is 10.2. The molecule has 17 heavy (non-hydrogen) atoms. The number of benzene rings is 2. The molecule has 0 saturated carbocycles. The molecule has 0 aliphatic rings. The van der Waals surface area contributed by atoms with Crippen molar-refractivity contribution in [2.75, 3.05) is 0 Å². The van der Waals surface area contributed by atoms with Gasteiger partial charge in [-0.05, 0) is 0 Å². The van der Waals surface area contributed by atoms with Crippen molar-refractivity contribution in [3.05, 3.63) is 59.7 Å².